The highest BCUT2D eigenvalue weighted by atomic mass is 35.5. The normalized spacial score (nSPS) is 21.3. The zero-order valence-corrected chi connectivity index (χ0v) is 23.4. The number of aliphatic hydroxyl groups is 1. The van der Waals surface area contributed by atoms with E-state index >= 15 is 0 Å². The van der Waals surface area contributed by atoms with Gasteiger partial charge in [0.05, 0.1) is 23.2 Å². The summed E-state index contributed by atoms with van der Waals surface area (Å²) >= 11 is 6.28. The van der Waals surface area contributed by atoms with Gasteiger partial charge in [-0.25, -0.2) is 5.10 Å². The number of likely N-dealkylation sites (tertiary alicyclic amines) is 1. The lowest BCUT2D eigenvalue weighted by Crippen LogP contribution is -2.54. The summed E-state index contributed by atoms with van der Waals surface area (Å²) in [5.41, 5.74) is 1.73. The number of aliphatic hydroxyl groups excluding tert-OH is 1. The second-order valence-corrected chi connectivity index (χ2v) is 11.3. The van der Waals surface area contributed by atoms with Gasteiger partial charge >= 0.3 is 5.56 Å². The average molecular weight is 562 g/mol. The van der Waals surface area contributed by atoms with Crippen molar-refractivity contribution in [2.24, 2.45) is 5.41 Å². The fraction of sp³-hybridized carbons (Fsp3) is 0.400. The lowest BCUT2D eigenvalue weighted by Gasteiger charge is -2.39. The highest BCUT2D eigenvalue weighted by molar-refractivity contribution is 6.30. The van der Waals surface area contributed by atoms with Gasteiger partial charge < -0.3 is 15.2 Å². The number of benzene rings is 2. The Balaban J connectivity index is 1.33. The number of hydrogen-bond donors (Lipinski definition) is 3. The number of ether oxygens (including phenoxy) is 1. The summed E-state index contributed by atoms with van der Waals surface area (Å²) in [5, 5.41) is 31.3. The lowest BCUT2D eigenvalue weighted by molar-refractivity contribution is -0.0595. The van der Waals surface area contributed by atoms with E-state index in [4.69, 9.17) is 16.3 Å². The standard InChI is InChI=1S/C30H32ClN5O4/c1-17-13-21(7-9-24(17)40-25-14-18(2)34-35-28(25)38)27(37)33-19(3)29(39)36-23(20-5-4-6-22(31)15-20)8-10-26(36)30(16-32)11-12-30/h4-7,9,13-15,19,23,26,29,39H,8,10-12H2,1-3H3,(H,33,37)(H,35,38)/t19-,23?,26?,29?/m1/s1. The third-order valence-electron chi connectivity index (χ3n) is 7.98. The topological polar surface area (TPSA) is 131 Å². The molecule has 1 aliphatic carbocycles. The van der Waals surface area contributed by atoms with E-state index in [0.717, 1.165) is 31.2 Å². The van der Waals surface area contributed by atoms with Gasteiger partial charge in [0.2, 0.25) is 0 Å². The van der Waals surface area contributed by atoms with Gasteiger partial charge in [0.1, 0.15) is 12.0 Å². The maximum atomic E-state index is 13.2. The number of rotatable bonds is 8. The molecule has 1 amide bonds. The van der Waals surface area contributed by atoms with E-state index in [1.807, 2.05) is 29.2 Å². The molecular weight excluding hydrogens is 530 g/mol. The zero-order valence-electron chi connectivity index (χ0n) is 22.6. The van der Waals surface area contributed by atoms with Crippen LogP contribution in [0.2, 0.25) is 5.02 Å². The molecule has 0 bridgehead atoms. The summed E-state index contributed by atoms with van der Waals surface area (Å²) in [7, 11) is 0. The fourth-order valence-corrected chi connectivity index (χ4v) is 5.87. The molecule has 1 saturated carbocycles. The quantitative estimate of drug-likeness (QED) is 0.360. The number of aromatic amines is 1. The zero-order chi connectivity index (χ0) is 28.6. The van der Waals surface area contributed by atoms with E-state index < -0.39 is 23.2 Å². The molecule has 3 N–H and O–H groups in total. The number of amides is 1. The van der Waals surface area contributed by atoms with Gasteiger partial charge in [0.25, 0.3) is 5.91 Å². The third-order valence-corrected chi connectivity index (χ3v) is 8.22. The van der Waals surface area contributed by atoms with Crippen LogP contribution in [-0.4, -0.2) is 44.4 Å². The predicted octanol–water partition coefficient (Wildman–Crippen LogP) is 4.78. The van der Waals surface area contributed by atoms with Crippen LogP contribution in [0, 0.1) is 30.6 Å². The van der Waals surface area contributed by atoms with E-state index in [0.29, 0.717) is 27.6 Å². The van der Waals surface area contributed by atoms with Crippen molar-refractivity contribution in [3.63, 3.8) is 0 Å². The molecule has 208 valence electrons. The van der Waals surface area contributed by atoms with Crippen LogP contribution in [-0.2, 0) is 0 Å². The van der Waals surface area contributed by atoms with Crippen LogP contribution in [0.5, 0.6) is 11.5 Å². The first kappa shape index (κ1) is 27.8. The molecule has 1 saturated heterocycles. The third kappa shape index (κ3) is 5.48. The first-order chi connectivity index (χ1) is 19.1. The van der Waals surface area contributed by atoms with Gasteiger partial charge in [0, 0.05) is 28.7 Å². The van der Waals surface area contributed by atoms with Crippen LogP contribution in [0.3, 0.4) is 0 Å². The second-order valence-electron chi connectivity index (χ2n) is 10.8. The Hall–Kier alpha value is -3.71. The summed E-state index contributed by atoms with van der Waals surface area (Å²) in [6, 6.07) is 15.7. The molecule has 1 aliphatic heterocycles. The van der Waals surface area contributed by atoms with Gasteiger partial charge in [-0.15, -0.1) is 0 Å². The number of nitrogens with one attached hydrogen (secondary N) is 2. The van der Waals surface area contributed by atoms with E-state index in [-0.39, 0.29) is 23.7 Å². The van der Waals surface area contributed by atoms with Crippen LogP contribution in [0.25, 0.3) is 0 Å². The smallest absolute Gasteiger partial charge is 0.307 e. The lowest BCUT2D eigenvalue weighted by atomic mass is 9.95. The molecule has 2 fully saturated rings. The predicted molar refractivity (Wildman–Crippen MR) is 150 cm³/mol. The van der Waals surface area contributed by atoms with Crippen LogP contribution in [0.15, 0.2) is 53.3 Å². The SMILES string of the molecule is Cc1cc(Oc2ccc(C(=O)N[C@H](C)C(O)N3C(c4cccc(Cl)c4)CCC3C3(C#N)CC3)cc2C)c(=O)[nH]n1. The molecular formula is C30H32ClN5O4. The minimum atomic E-state index is -1.02. The first-order valence-corrected chi connectivity index (χ1v) is 13.8. The molecule has 3 unspecified atom stereocenters. The Labute approximate surface area is 237 Å². The van der Waals surface area contributed by atoms with E-state index in [1.165, 1.54) is 0 Å². The number of aromatic nitrogens is 2. The highest BCUT2D eigenvalue weighted by Crippen LogP contribution is 2.56. The number of halogens is 1. The number of carbonyl (C=O) groups is 1. The van der Waals surface area contributed by atoms with Crippen LogP contribution < -0.4 is 15.6 Å². The van der Waals surface area contributed by atoms with Crippen LogP contribution >= 0.6 is 11.6 Å². The van der Waals surface area contributed by atoms with Gasteiger partial charge in [-0.3, -0.25) is 14.5 Å². The monoisotopic (exact) mass is 561 g/mol. The number of aryl methyl sites for hydroxylation is 2. The maximum Gasteiger partial charge on any atom is 0.307 e. The van der Waals surface area contributed by atoms with E-state index in [1.54, 1.807) is 45.0 Å². The maximum absolute atomic E-state index is 13.2. The van der Waals surface area contributed by atoms with E-state index in [2.05, 4.69) is 21.6 Å². The molecule has 1 aromatic heterocycles. The number of hydrogen-bond acceptors (Lipinski definition) is 7. The largest absolute Gasteiger partial charge is 0.451 e. The van der Waals surface area contributed by atoms with Crippen LogP contribution in [0.4, 0.5) is 0 Å². The Morgan fingerprint density at radius 3 is 2.67 bits per heavy atom. The Kier molecular flexibility index (Phi) is 7.69. The van der Waals surface area contributed by atoms with Crippen molar-refractivity contribution < 1.29 is 14.6 Å². The van der Waals surface area contributed by atoms with Crippen molar-refractivity contribution in [2.75, 3.05) is 0 Å². The number of nitrogens with zero attached hydrogens (tertiary/aromatic N) is 3. The molecule has 9 nitrogen and oxygen atoms in total. The Bertz CT molecular complexity index is 1530. The summed E-state index contributed by atoms with van der Waals surface area (Å²) in [6.45, 7) is 5.29. The molecule has 0 spiro atoms. The molecule has 2 heterocycles. The van der Waals surface area contributed by atoms with Crippen molar-refractivity contribution in [1.29, 1.82) is 5.26 Å². The number of nitriles is 1. The van der Waals surface area contributed by atoms with Crippen molar-refractivity contribution in [2.45, 2.75) is 70.8 Å². The summed E-state index contributed by atoms with van der Waals surface area (Å²) in [4.78, 5) is 27.3. The van der Waals surface area contributed by atoms with Crippen molar-refractivity contribution in [3.05, 3.63) is 86.3 Å². The summed E-state index contributed by atoms with van der Waals surface area (Å²) in [6.07, 6.45) is 2.16. The first-order valence-electron chi connectivity index (χ1n) is 13.4. The fourth-order valence-electron chi connectivity index (χ4n) is 5.67. The Morgan fingerprint density at radius 1 is 1.23 bits per heavy atom. The Morgan fingerprint density at radius 2 is 2.00 bits per heavy atom. The summed E-state index contributed by atoms with van der Waals surface area (Å²) in [5.74, 6) is 0.205. The van der Waals surface area contributed by atoms with Crippen LogP contribution in [0.1, 0.15) is 65.8 Å². The molecule has 4 atom stereocenters. The molecule has 2 aromatic carbocycles. The molecule has 2 aliphatic rings. The van der Waals surface area contributed by atoms with Gasteiger partial charge in [-0.2, -0.15) is 10.4 Å². The molecule has 10 heteroatoms. The van der Waals surface area contributed by atoms with E-state index in [9.17, 15) is 20.0 Å². The average Bonchev–Trinajstić information content (AvgIpc) is 3.60. The number of carbonyl (C=O) groups excluding carboxylic acids is 1. The number of H-pyrrole nitrogens is 1. The van der Waals surface area contributed by atoms with Crippen molar-refractivity contribution in [3.8, 4) is 17.6 Å². The second kappa shape index (κ2) is 11.0. The minimum Gasteiger partial charge on any atom is -0.451 e. The van der Waals surface area contributed by atoms with Gasteiger partial charge in [-0.05, 0) is 87.9 Å². The van der Waals surface area contributed by atoms with Gasteiger partial charge in [0.15, 0.2) is 5.75 Å². The minimum absolute atomic E-state index is 0.116. The van der Waals surface area contributed by atoms with Crippen molar-refractivity contribution >= 4 is 17.5 Å². The van der Waals surface area contributed by atoms with Crippen molar-refractivity contribution in [1.82, 2.24) is 20.4 Å². The molecule has 3 aromatic rings. The molecule has 40 heavy (non-hydrogen) atoms. The summed E-state index contributed by atoms with van der Waals surface area (Å²) < 4.78 is 5.77. The molecule has 5 rings (SSSR count). The molecule has 0 radical (unpaired) electrons. The highest BCUT2D eigenvalue weighted by Gasteiger charge is 2.57. The van der Waals surface area contributed by atoms with Gasteiger partial charge in [-0.1, -0.05) is 23.7 Å².